The number of carbonyl (C=O) groups is 1. The van der Waals surface area contributed by atoms with E-state index in [1.807, 2.05) is 11.5 Å². The van der Waals surface area contributed by atoms with Crippen LogP contribution in [0.15, 0.2) is 17.1 Å². The van der Waals surface area contributed by atoms with Crippen molar-refractivity contribution < 1.29 is 9.90 Å². The lowest BCUT2D eigenvalue weighted by atomic mass is 9.99. The number of hydrogen-bond donors (Lipinski definition) is 1. The van der Waals surface area contributed by atoms with Crippen LogP contribution in [0.25, 0.3) is 0 Å². The Bertz CT molecular complexity index is 512. The fourth-order valence-electron chi connectivity index (χ4n) is 2.91. The number of rotatable bonds is 3. The van der Waals surface area contributed by atoms with Gasteiger partial charge in [0.2, 0.25) is 0 Å². The molecule has 1 atom stereocenters. The zero-order valence-electron chi connectivity index (χ0n) is 10.8. The molecule has 0 aromatic carbocycles. The number of aromatic carboxylic acids is 1. The van der Waals surface area contributed by atoms with E-state index in [-0.39, 0.29) is 11.6 Å². The molecule has 1 saturated carbocycles. The number of nitrogens with zero attached hydrogens (tertiary/aromatic N) is 1. The van der Waals surface area contributed by atoms with E-state index in [2.05, 4.69) is 6.92 Å². The molecule has 0 bridgehead atoms. The number of aromatic nitrogens is 1. The Balaban J connectivity index is 2.40. The second-order valence-corrected chi connectivity index (χ2v) is 5.19. The van der Waals surface area contributed by atoms with E-state index >= 15 is 0 Å². The third-order valence-electron chi connectivity index (χ3n) is 4.03. The van der Waals surface area contributed by atoms with Gasteiger partial charge in [-0.05, 0) is 32.6 Å². The van der Waals surface area contributed by atoms with E-state index in [4.69, 9.17) is 5.11 Å². The van der Waals surface area contributed by atoms with Crippen molar-refractivity contribution in [2.75, 3.05) is 0 Å². The Morgan fingerprint density at radius 3 is 2.61 bits per heavy atom. The summed E-state index contributed by atoms with van der Waals surface area (Å²) in [6.07, 6.45) is 6.38. The number of pyridine rings is 1. The van der Waals surface area contributed by atoms with Gasteiger partial charge in [0.05, 0.1) is 0 Å². The van der Waals surface area contributed by atoms with Gasteiger partial charge in [-0.1, -0.05) is 12.8 Å². The Morgan fingerprint density at radius 2 is 2.06 bits per heavy atom. The Morgan fingerprint density at radius 1 is 1.44 bits per heavy atom. The molecule has 1 N–H and O–H groups in total. The standard InChI is InChI=1S/C14H19NO3/c1-9-7-13(16)12(14(17)18)8-15(9)10(2)11-5-3-4-6-11/h7-8,10-11H,3-6H2,1-2H3,(H,17,18). The summed E-state index contributed by atoms with van der Waals surface area (Å²) in [5.41, 5.74) is 0.296. The topological polar surface area (TPSA) is 59.3 Å². The van der Waals surface area contributed by atoms with Gasteiger partial charge in [-0.15, -0.1) is 0 Å². The van der Waals surface area contributed by atoms with Gasteiger partial charge in [-0.25, -0.2) is 4.79 Å². The van der Waals surface area contributed by atoms with Crippen LogP contribution < -0.4 is 5.43 Å². The van der Waals surface area contributed by atoms with Crippen molar-refractivity contribution >= 4 is 5.97 Å². The summed E-state index contributed by atoms with van der Waals surface area (Å²) in [4.78, 5) is 22.6. The zero-order chi connectivity index (χ0) is 13.3. The average Bonchev–Trinajstić information content (AvgIpc) is 2.81. The highest BCUT2D eigenvalue weighted by Gasteiger charge is 2.24. The molecule has 0 spiro atoms. The van der Waals surface area contributed by atoms with Gasteiger partial charge in [0, 0.05) is 24.0 Å². The minimum atomic E-state index is -1.15. The summed E-state index contributed by atoms with van der Waals surface area (Å²) < 4.78 is 1.95. The van der Waals surface area contributed by atoms with E-state index < -0.39 is 11.4 Å². The molecule has 2 rings (SSSR count). The van der Waals surface area contributed by atoms with Crippen LogP contribution in [0.2, 0.25) is 0 Å². The summed E-state index contributed by atoms with van der Waals surface area (Å²) >= 11 is 0. The number of carboxylic acid groups (broad SMARTS) is 1. The van der Waals surface area contributed by atoms with Gasteiger partial charge in [-0.3, -0.25) is 4.79 Å². The highest BCUT2D eigenvalue weighted by Crippen LogP contribution is 2.34. The molecule has 18 heavy (non-hydrogen) atoms. The van der Waals surface area contributed by atoms with Crippen molar-refractivity contribution in [1.82, 2.24) is 4.57 Å². The van der Waals surface area contributed by atoms with Crippen molar-refractivity contribution in [3.05, 3.63) is 33.7 Å². The average molecular weight is 249 g/mol. The van der Waals surface area contributed by atoms with Crippen LogP contribution in [0.3, 0.4) is 0 Å². The molecular weight excluding hydrogens is 230 g/mol. The van der Waals surface area contributed by atoms with Crippen LogP contribution in [-0.2, 0) is 0 Å². The first-order valence-electron chi connectivity index (χ1n) is 6.47. The fraction of sp³-hybridized carbons (Fsp3) is 0.571. The van der Waals surface area contributed by atoms with Gasteiger partial charge in [0.25, 0.3) is 0 Å². The van der Waals surface area contributed by atoms with Crippen LogP contribution in [0.1, 0.15) is 54.7 Å². The quantitative estimate of drug-likeness (QED) is 0.895. The molecule has 1 unspecified atom stereocenters. The van der Waals surface area contributed by atoms with Crippen molar-refractivity contribution in [3.8, 4) is 0 Å². The summed E-state index contributed by atoms with van der Waals surface area (Å²) in [5.74, 6) is -0.555. The van der Waals surface area contributed by atoms with Crippen molar-refractivity contribution in [2.24, 2.45) is 5.92 Å². The van der Waals surface area contributed by atoms with Gasteiger partial charge >= 0.3 is 5.97 Å². The number of aryl methyl sites for hydroxylation is 1. The first kappa shape index (κ1) is 12.9. The van der Waals surface area contributed by atoms with E-state index in [1.165, 1.54) is 37.9 Å². The van der Waals surface area contributed by atoms with Crippen LogP contribution >= 0.6 is 0 Å². The van der Waals surface area contributed by atoms with Crippen molar-refractivity contribution in [3.63, 3.8) is 0 Å². The van der Waals surface area contributed by atoms with E-state index in [9.17, 15) is 9.59 Å². The van der Waals surface area contributed by atoms with Gasteiger partial charge in [0.1, 0.15) is 5.56 Å². The summed E-state index contributed by atoms with van der Waals surface area (Å²) in [7, 11) is 0. The smallest absolute Gasteiger partial charge is 0.341 e. The largest absolute Gasteiger partial charge is 0.477 e. The molecule has 1 aliphatic rings. The lowest BCUT2D eigenvalue weighted by Gasteiger charge is -2.24. The molecule has 1 aromatic rings. The zero-order valence-corrected chi connectivity index (χ0v) is 10.8. The molecular formula is C14H19NO3. The monoisotopic (exact) mass is 249 g/mol. The lowest BCUT2D eigenvalue weighted by molar-refractivity contribution is 0.0694. The predicted octanol–water partition coefficient (Wildman–Crippen LogP) is 2.61. The minimum Gasteiger partial charge on any atom is -0.477 e. The Labute approximate surface area is 106 Å². The molecule has 1 aliphatic carbocycles. The lowest BCUT2D eigenvalue weighted by Crippen LogP contribution is -2.23. The van der Waals surface area contributed by atoms with E-state index in [0.717, 1.165) is 5.69 Å². The SMILES string of the molecule is Cc1cc(=O)c(C(=O)O)cn1C(C)C1CCCC1. The first-order chi connectivity index (χ1) is 8.50. The maximum Gasteiger partial charge on any atom is 0.341 e. The summed E-state index contributed by atoms with van der Waals surface area (Å²) in [5, 5.41) is 9.01. The molecule has 0 radical (unpaired) electrons. The molecule has 1 fully saturated rings. The van der Waals surface area contributed by atoms with Crippen LogP contribution in [0, 0.1) is 12.8 Å². The van der Waals surface area contributed by atoms with Crippen molar-refractivity contribution in [2.45, 2.75) is 45.6 Å². The van der Waals surface area contributed by atoms with E-state index in [0.29, 0.717) is 5.92 Å². The van der Waals surface area contributed by atoms with Crippen LogP contribution in [0.5, 0.6) is 0 Å². The first-order valence-corrected chi connectivity index (χ1v) is 6.47. The Hall–Kier alpha value is -1.58. The molecule has 0 saturated heterocycles. The maximum absolute atomic E-state index is 11.6. The molecule has 0 amide bonds. The third kappa shape index (κ3) is 2.33. The fourth-order valence-corrected chi connectivity index (χ4v) is 2.91. The van der Waals surface area contributed by atoms with Gasteiger partial charge in [-0.2, -0.15) is 0 Å². The molecule has 4 nitrogen and oxygen atoms in total. The molecule has 1 aromatic heterocycles. The maximum atomic E-state index is 11.6. The van der Waals surface area contributed by atoms with Crippen LogP contribution in [-0.4, -0.2) is 15.6 Å². The van der Waals surface area contributed by atoms with Crippen molar-refractivity contribution in [1.29, 1.82) is 0 Å². The minimum absolute atomic E-state index is 0.134. The number of carboxylic acids is 1. The summed E-state index contributed by atoms with van der Waals surface area (Å²) in [6, 6.07) is 1.68. The second kappa shape index (κ2) is 4.96. The number of hydrogen-bond acceptors (Lipinski definition) is 2. The molecule has 4 heteroatoms. The normalized spacial score (nSPS) is 17.9. The highest BCUT2D eigenvalue weighted by molar-refractivity contribution is 5.87. The van der Waals surface area contributed by atoms with Gasteiger partial charge in [0.15, 0.2) is 5.43 Å². The third-order valence-corrected chi connectivity index (χ3v) is 4.03. The second-order valence-electron chi connectivity index (χ2n) is 5.19. The van der Waals surface area contributed by atoms with E-state index in [1.54, 1.807) is 0 Å². The molecule has 0 aliphatic heterocycles. The highest BCUT2D eigenvalue weighted by atomic mass is 16.4. The van der Waals surface area contributed by atoms with Crippen LogP contribution in [0.4, 0.5) is 0 Å². The Kier molecular flexibility index (Phi) is 3.55. The summed E-state index contributed by atoms with van der Waals surface area (Å²) in [6.45, 7) is 3.97. The molecule has 98 valence electrons. The predicted molar refractivity (Wildman–Crippen MR) is 69.1 cm³/mol. The van der Waals surface area contributed by atoms with Gasteiger partial charge < -0.3 is 9.67 Å². The molecule has 1 heterocycles.